The average molecular weight is 352 g/mol. The molecule has 0 aliphatic carbocycles. The third kappa shape index (κ3) is 2.74. The predicted octanol–water partition coefficient (Wildman–Crippen LogP) is 1.80. The molecule has 1 aliphatic heterocycles. The highest BCUT2D eigenvalue weighted by molar-refractivity contribution is 7.99. The van der Waals surface area contributed by atoms with Crippen LogP contribution in [0, 0.1) is 0 Å². The molecule has 1 aliphatic rings. The molecule has 7 nitrogen and oxygen atoms in total. The van der Waals surface area contributed by atoms with Gasteiger partial charge in [0.1, 0.15) is 11.2 Å². The van der Waals surface area contributed by atoms with E-state index < -0.39 is 15.9 Å². The van der Waals surface area contributed by atoms with Gasteiger partial charge in [-0.25, -0.2) is 12.7 Å². The Kier molecular flexibility index (Phi) is 4.15. The molecule has 0 atom stereocenters. The summed E-state index contributed by atoms with van der Waals surface area (Å²) in [5, 5.41) is 8.59. The van der Waals surface area contributed by atoms with Crippen molar-refractivity contribution in [2.45, 2.75) is 29.9 Å². The molecule has 2 aromatic rings. The Labute approximate surface area is 138 Å². The largest absolute Gasteiger partial charge is 0.306 e. The van der Waals surface area contributed by atoms with Crippen molar-refractivity contribution in [3.05, 3.63) is 36.2 Å². The number of carbonyl (C=O) groups is 1. The lowest BCUT2D eigenvalue weighted by Gasteiger charge is -2.15. The molecule has 0 spiro atoms. The van der Waals surface area contributed by atoms with E-state index in [1.54, 1.807) is 18.5 Å². The molecule has 0 saturated heterocycles. The summed E-state index contributed by atoms with van der Waals surface area (Å²) in [6, 6.07) is 6.50. The van der Waals surface area contributed by atoms with Gasteiger partial charge in [0.25, 0.3) is 15.9 Å². The number of rotatable bonds is 5. The van der Waals surface area contributed by atoms with Gasteiger partial charge in [-0.05, 0) is 26.0 Å². The number of aromatic nitrogens is 3. The monoisotopic (exact) mass is 352 g/mol. The molecule has 0 saturated carbocycles. The maximum absolute atomic E-state index is 12.4. The molecule has 1 aromatic carbocycles. The molecule has 3 rings (SSSR count). The van der Waals surface area contributed by atoms with E-state index in [1.165, 1.54) is 23.9 Å². The quantitative estimate of drug-likeness (QED) is 0.763. The summed E-state index contributed by atoms with van der Waals surface area (Å²) in [5.41, 5.74) is 0.239. The van der Waals surface area contributed by atoms with Gasteiger partial charge in [-0.3, -0.25) is 4.79 Å². The standard InChI is InChI=1S/C14H16N4O3S2/c1-10(2)17-9-15-16-14(17)22-8-7-18-13(19)11-5-3-4-6-12(11)23(18,20)21/h3-6,9-10H,7-8H2,1-2H3. The molecule has 0 fully saturated rings. The van der Waals surface area contributed by atoms with Gasteiger partial charge in [-0.15, -0.1) is 10.2 Å². The van der Waals surface area contributed by atoms with Gasteiger partial charge < -0.3 is 4.57 Å². The van der Waals surface area contributed by atoms with E-state index >= 15 is 0 Å². The van der Waals surface area contributed by atoms with Crippen molar-refractivity contribution < 1.29 is 13.2 Å². The summed E-state index contributed by atoms with van der Waals surface area (Å²) in [4.78, 5) is 12.4. The molecule has 0 radical (unpaired) electrons. The molecule has 122 valence electrons. The van der Waals surface area contributed by atoms with Crippen molar-refractivity contribution in [2.75, 3.05) is 12.3 Å². The maximum atomic E-state index is 12.4. The summed E-state index contributed by atoms with van der Waals surface area (Å²) in [6.45, 7) is 4.13. The Morgan fingerprint density at radius 2 is 2.00 bits per heavy atom. The predicted molar refractivity (Wildman–Crippen MR) is 85.8 cm³/mol. The van der Waals surface area contributed by atoms with Crippen LogP contribution < -0.4 is 0 Å². The maximum Gasteiger partial charge on any atom is 0.269 e. The van der Waals surface area contributed by atoms with Crippen molar-refractivity contribution in [1.29, 1.82) is 0 Å². The van der Waals surface area contributed by atoms with Gasteiger partial charge in [0.05, 0.1) is 5.56 Å². The molecule has 9 heteroatoms. The van der Waals surface area contributed by atoms with E-state index in [0.29, 0.717) is 10.9 Å². The number of fused-ring (bicyclic) bond motifs is 1. The van der Waals surface area contributed by atoms with Crippen molar-refractivity contribution in [2.24, 2.45) is 0 Å². The molecule has 1 aromatic heterocycles. The van der Waals surface area contributed by atoms with Crippen LogP contribution in [0.3, 0.4) is 0 Å². The Morgan fingerprint density at radius 1 is 1.26 bits per heavy atom. The molecule has 23 heavy (non-hydrogen) atoms. The molecule has 0 bridgehead atoms. The number of hydrogen-bond donors (Lipinski definition) is 0. The topological polar surface area (TPSA) is 85.2 Å². The van der Waals surface area contributed by atoms with Crippen LogP contribution in [-0.4, -0.2) is 45.7 Å². The normalized spacial score (nSPS) is 16.1. The van der Waals surface area contributed by atoms with E-state index in [2.05, 4.69) is 10.2 Å². The number of hydrogen-bond acceptors (Lipinski definition) is 6. The fraction of sp³-hybridized carbons (Fsp3) is 0.357. The zero-order chi connectivity index (χ0) is 16.6. The Balaban J connectivity index is 1.72. The molecule has 0 unspecified atom stereocenters. The molecular formula is C14H16N4O3S2. The number of sulfonamides is 1. The van der Waals surface area contributed by atoms with Crippen molar-refractivity contribution in [3.8, 4) is 0 Å². The van der Waals surface area contributed by atoms with E-state index in [-0.39, 0.29) is 23.0 Å². The summed E-state index contributed by atoms with van der Waals surface area (Å²) in [5.74, 6) is -0.0452. The smallest absolute Gasteiger partial charge is 0.269 e. The number of nitrogens with zero attached hydrogens (tertiary/aromatic N) is 4. The van der Waals surface area contributed by atoms with E-state index in [1.807, 2.05) is 18.4 Å². The first-order valence-electron chi connectivity index (χ1n) is 7.11. The van der Waals surface area contributed by atoms with Crippen LogP contribution in [0.2, 0.25) is 0 Å². The highest BCUT2D eigenvalue weighted by Gasteiger charge is 2.40. The van der Waals surface area contributed by atoms with Crippen molar-refractivity contribution in [1.82, 2.24) is 19.1 Å². The molecule has 0 N–H and O–H groups in total. The Bertz CT molecular complexity index is 845. The van der Waals surface area contributed by atoms with Gasteiger partial charge in [-0.1, -0.05) is 23.9 Å². The minimum absolute atomic E-state index is 0.0837. The number of thioether (sulfide) groups is 1. The first-order valence-corrected chi connectivity index (χ1v) is 9.54. The fourth-order valence-corrected chi connectivity index (χ4v) is 5.01. The molecule has 1 amide bonds. The fourth-order valence-electron chi connectivity index (χ4n) is 2.36. The van der Waals surface area contributed by atoms with Crippen LogP contribution in [0.15, 0.2) is 40.6 Å². The van der Waals surface area contributed by atoms with Crippen LogP contribution >= 0.6 is 11.8 Å². The van der Waals surface area contributed by atoms with Crippen LogP contribution in [0.1, 0.15) is 30.2 Å². The van der Waals surface area contributed by atoms with E-state index in [9.17, 15) is 13.2 Å². The lowest BCUT2D eigenvalue weighted by Crippen LogP contribution is -2.32. The van der Waals surface area contributed by atoms with Crippen LogP contribution in [0.5, 0.6) is 0 Å². The second kappa shape index (κ2) is 5.97. The number of amides is 1. The summed E-state index contributed by atoms with van der Waals surface area (Å²) >= 11 is 1.38. The van der Waals surface area contributed by atoms with E-state index in [4.69, 9.17) is 0 Å². The Hall–Kier alpha value is -1.87. The summed E-state index contributed by atoms with van der Waals surface area (Å²) in [7, 11) is -3.74. The highest BCUT2D eigenvalue weighted by atomic mass is 32.2. The van der Waals surface area contributed by atoms with Gasteiger partial charge in [0.2, 0.25) is 0 Å². The van der Waals surface area contributed by atoms with Crippen LogP contribution in [-0.2, 0) is 10.0 Å². The first-order chi connectivity index (χ1) is 10.9. The zero-order valence-electron chi connectivity index (χ0n) is 12.7. The minimum Gasteiger partial charge on any atom is -0.306 e. The number of benzene rings is 1. The second-order valence-electron chi connectivity index (χ2n) is 5.34. The minimum atomic E-state index is -3.74. The lowest BCUT2D eigenvalue weighted by atomic mass is 10.2. The van der Waals surface area contributed by atoms with E-state index in [0.717, 1.165) is 4.31 Å². The van der Waals surface area contributed by atoms with Crippen LogP contribution in [0.4, 0.5) is 0 Å². The Morgan fingerprint density at radius 3 is 2.70 bits per heavy atom. The summed E-state index contributed by atoms with van der Waals surface area (Å²) in [6.07, 6.45) is 1.64. The van der Waals surface area contributed by atoms with Crippen LogP contribution in [0.25, 0.3) is 0 Å². The molecular weight excluding hydrogens is 336 g/mol. The summed E-state index contributed by atoms with van der Waals surface area (Å²) < 4.78 is 27.7. The van der Waals surface area contributed by atoms with Gasteiger partial charge in [0, 0.05) is 18.3 Å². The number of carbonyl (C=O) groups excluding carboxylic acids is 1. The first kappa shape index (κ1) is 16.0. The van der Waals surface area contributed by atoms with Crippen molar-refractivity contribution in [3.63, 3.8) is 0 Å². The molecule has 2 heterocycles. The highest BCUT2D eigenvalue weighted by Crippen LogP contribution is 2.30. The van der Waals surface area contributed by atoms with Gasteiger partial charge >= 0.3 is 0 Å². The third-order valence-electron chi connectivity index (χ3n) is 3.53. The van der Waals surface area contributed by atoms with Crippen molar-refractivity contribution >= 4 is 27.7 Å². The second-order valence-corrected chi connectivity index (χ2v) is 8.23. The third-order valence-corrected chi connectivity index (χ3v) is 6.31. The lowest BCUT2D eigenvalue weighted by molar-refractivity contribution is 0.0876. The SMILES string of the molecule is CC(C)n1cnnc1SCCN1C(=O)c2ccccc2S1(=O)=O. The van der Waals surface area contributed by atoms with Gasteiger partial charge in [-0.2, -0.15) is 0 Å². The van der Waals surface area contributed by atoms with Gasteiger partial charge in [0.15, 0.2) is 5.16 Å². The average Bonchev–Trinajstić information content (AvgIpc) is 3.05. The zero-order valence-corrected chi connectivity index (χ0v) is 14.3.